The smallest absolute Gasteiger partial charge is 0.0247 e. The van der Waals surface area contributed by atoms with Gasteiger partial charge >= 0.3 is 0 Å². The molecule has 0 radical (unpaired) electrons. The van der Waals surface area contributed by atoms with Crippen molar-refractivity contribution in [3.05, 3.63) is 0 Å². The number of fused-ring (bicyclic) bond motifs is 1. The average Bonchev–Trinajstić information content (AvgIpc) is 2.74. The van der Waals surface area contributed by atoms with E-state index < -0.39 is 0 Å². The van der Waals surface area contributed by atoms with E-state index in [1.807, 2.05) is 0 Å². The van der Waals surface area contributed by atoms with Gasteiger partial charge in [-0.25, -0.2) is 0 Å². The second-order valence-corrected chi connectivity index (χ2v) is 10.2. The lowest BCUT2D eigenvalue weighted by Crippen LogP contribution is -2.58. The number of hydrogen-bond acceptors (Lipinski definition) is 1. The lowest BCUT2D eigenvalue weighted by molar-refractivity contribution is -0.0464. The summed E-state index contributed by atoms with van der Waals surface area (Å²) in [5.74, 6) is 8.34. The Morgan fingerprint density at radius 3 is 2.05 bits per heavy atom. The van der Waals surface area contributed by atoms with Crippen molar-refractivity contribution < 1.29 is 0 Å². The fourth-order valence-corrected chi connectivity index (χ4v) is 9.76. The predicted molar refractivity (Wildman–Crippen MR) is 86.9 cm³/mol. The molecule has 1 spiro atoms. The maximum absolute atomic E-state index is 2.50. The molecule has 0 aromatic heterocycles. The lowest BCUT2D eigenvalue weighted by atomic mass is 9.47. The number of rotatable bonds is 0. The van der Waals surface area contributed by atoms with Gasteiger partial charge in [0.25, 0.3) is 0 Å². The molecule has 0 nitrogen and oxygen atoms in total. The quantitative estimate of drug-likeness (QED) is 0.566. The molecule has 0 N–H and O–H groups in total. The molecule has 112 valence electrons. The van der Waals surface area contributed by atoms with Gasteiger partial charge in [0.15, 0.2) is 0 Å². The SMILES string of the molecule is C1CCC[C@@H]2[C@@H](CC1)CSC21C2CC3CC(C2)CC1C3. The van der Waals surface area contributed by atoms with Crippen molar-refractivity contribution in [1.29, 1.82) is 0 Å². The first-order valence-corrected chi connectivity index (χ1v) is 10.5. The van der Waals surface area contributed by atoms with Crippen molar-refractivity contribution in [2.45, 2.75) is 75.4 Å². The van der Waals surface area contributed by atoms with Gasteiger partial charge in [0.1, 0.15) is 0 Å². The molecule has 0 aromatic rings. The van der Waals surface area contributed by atoms with Crippen LogP contribution in [0.3, 0.4) is 0 Å². The van der Waals surface area contributed by atoms with E-state index in [0.29, 0.717) is 0 Å². The summed E-state index contributed by atoms with van der Waals surface area (Å²) in [7, 11) is 0. The molecule has 4 bridgehead atoms. The highest BCUT2D eigenvalue weighted by molar-refractivity contribution is 8.01. The molecule has 5 saturated carbocycles. The van der Waals surface area contributed by atoms with Crippen LogP contribution in [0.1, 0.15) is 70.6 Å². The minimum Gasteiger partial charge on any atom is -0.154 e. The van der Waals surface area contributed by atoms with E-state index in [-0.39, 0.29) is 0 Å². The zero-order valence-electron chi connectivity index (χ0n) is 12.9. The van der Waals surface area contributed by atoms with E-state index in [4.69, 9.17) is 0 Å². The second kappa shape index (κ2) is 4.67. The summed E-state index contributed by atoms with van der Waals surface area (Å²) < 4.78 is 0.787. The van der Waals surface area contributed by atoms with Crippen LogP contribution in [0.15, 0.2) is 0 Å². The predicted octanol–water partition coefficient (Wildman–Crippen LogP) is 5.51. The maximum atomic E-state index is 2.50. The monoisotopic (exact) mass is 290 g/mol. The molecule has 1 saturated heterocycles. The van der Waals surface area contributed by atoms with Crippen molar-refractivity contribution >= 4 is 11.8 Å². The van der Waals surface area contributed by atoms with E-state index in [2.05, 4.69) is 11.8 Å². The van der Waals surface area contributed by atoms with Gasteiger partial charge in [0, 0.05) is 4.75 Å². The van der Waals surface area contributed by atoms with E-state index >= 15 is 0 Å². The molecule has 20 heavy (non-hydrogen) atoms. The van der Waals surface area contributed by atoms with Gasteiger partial charge in [-0.1, -0.05) is 25.7 Å². The van der Waals surface area contributed by atoms with Gasteiger partial charge < -0.3 is 0 Å². The molecule has 0 amide bonds. The van der Waals surface area contributed by atoms with E-state index in [1.54, 1.807) is 57.8 Å². The third kappa shape index (κ3) is 1.68. The van der Waals surface area contributed by atoms with Crippen LogP contribution in [0.25, 0.3) is 0 Å². The summed E-state index contributed by atoms with van der Waals surface area (Å²) in [6.45, 7) is 0. The molecule has 1 heteroatoms. The highest BCUT2D eigenvalue weighted by Crippen LogP contribution is 2.69. The highest BCUT2D eigenvalue weighted by Gasteiger charge is 2.63. The Labute approximate surface area is 128 Å². The molecule has 1 aliphatic heterocycles. The first kappa shape index (κ1) is 12.9. The molecule has 1 heterocycles. The van der Waals surface area contributed by atoms with Crippen LogP contribution in [0.5, 0.6) is 0 Å². The van der Waals surface area contributed by atoms with Crippen LogP contribution in [0, 0.1) is 35.5 Å². The minimum absolute atomic E-state index is 0.787. The summed E-state index contributed by atoms with van der Waals surface area (Å²) in [6.07, 6.45) is 17.4. The first-order chi connectivity index (χ1) is 9.86. The minimum atomic E-state index is 0.787. The standard InChI is InChI=1S/C19H30S/c1-2-4-6-18-15(5-3-1)12-20-19(18)16-8-13-7-14(10-16)11-17(19)9-13/h13-18H,1-12H2/t13?,14?,15-,16?,17?,18+,19?/m0/s1. The van der Waals surface area contributed by atoms with Gasteiger partial charge in [-0.05, 0) is 86.2 Å². The molecule has 0 aromatic carbocycles. The fraction of sp³-hybridized carbons (Fsp3) is 1.00. The third-order valence-corrected chi connectivity index (χ3v) is 10.0. The molecule has 5 aliphatic carbocycles. The van der Waals surface area contributed by atoms with Crippen molar-refractivity contribution in [2.24, 2.45) is 35.5 Å². The van der Waals surface area contributed by atoms with Crippen LogP contribution in [0.4, 0.5) is 0 Å². The van der Waals surface area contributed by atoms with Crippen LogP contribution >= 0.6 is 11.8 Å². The average molecular weight is 291 g/mol. The number of hydrogen-bond donors (Lipinski definition) is 0. The Kier molecular flexibility index (Phi) is 3.00. The van der Waals surface area contributed by atoms with E-state index in [0.717, 1.165) is 40.3 Å². The summed E-state index contributed by atoms with van der Waals surface area (Å²) >= 11 is 2.50. The molecule has 2 atom stereocenters. The highest BCUT2D eigenvalue weighted by atomic mass is 32.2. The van der Waals surface area contributed by atoms with Crippen molar-refractivity contribution in [1.82, 2.24) is 0 Å². The third-order valence-electron chi connectivity index (χ3n) is 7.95. The largest absolute Gasteiger partial charge is 0.154 e. The molecule has 6 rings (SSSR count). The molecule has 6 aliphatic rings. The Hall–Kier alpha value is 0.350. The Morgan fingerprint density at radius 1 is 0.700 bits per heavy atom. The van der Waals surface area contributed by atoms with E-state index in [1.165, 1.54) is 18.6 Å². The van der Waals surface area contributed by atoms with Gasteiger partial charge in [-0.2, -0.15) is 11.8 Å². The Balaban J connectivity index is 1.49. The van der Waals surface area contributed by atoms with Crippen molar-refractivity contribution in [3.63, 3.8) is 0 Å². The molecular weight excluding hydrogens is 260 g/mol. The summed E-state index contributed by atoms with van der Waals surface area (Å²) in [4.78, 5) is 0. The van der Waals surface area contributed by atoms with Crippen LogP contribution < -0.4 is 0 Å². The second-order valence-electron chi connectivity index (χ2n) is 8.83. The van der Waals surface area contributed by atoms with Gasteiger partial charge in [-0.3, -0.25) is 0 Å². The van der Waals surface area contributed by atoms with Crippen molar-refractivity contribution in [3.8, 4) is 0 Å². The Bertz CT molecular complexity index is 359. The fourth-order valence-electron chi connectivity index (χ4n) is 7.48. The molecule has 6 fully saturated rings. The van der Waals surface area contributed by atoms with Gasteiger partial charge in [0.2, 0.25) is 0 Å². The van der Waals surface area contributed by atoms with Gasteiger partial charge in [0.05, 0.1) is 0 Å². The van der Waals surface area contributed by atoms with Crippen LogP contribution in [0.2, 0.25) is 0 Å². The maximum Gasteiger partial charge on any atom is 0.0247 e. The first-order valence-electron chi connectivity index (χ1n) is 9.50. The normalized spacial score (nSPS) is 57.6. The van der Waals surface area contributed by atoms with E-state index in [9.17, 15) is 0 Å². The zero-order chi connectivity index (χ0) is 13.2. The zero-order valence-corrected chi connectivity index (χ0v) is 13.7. The topological polar surface area (TPSA) is 0 Å². The summed E-state index contributed by atoms with van der Waals surface area (Å²) in [5.41, 5.74) is 0. The lowest BCUT2D eigenvalue weighted by Gasteiger charge is -2.62. The Morgan fingerprint density at radius 2 is 1.35 bits per heavy atom. The van der Waals surface area contributed by atoms with Crippen LogP contribution in [-0.4, -0.2) is 10.5 Å². The molecule has 0 unspecified atom stereocenters. The summed E-state index contributed by atoms with van der Waals surface area (Å²) in [6, 6.07) is 0. The number of thioether (sulfide) groups is 1. The van der Waals surface area contributed by atoms with Crippen molar-refractivity contribution in [2.75, 3.05) is 5.75 Å². The van der Waals surface area contributed by atoms with Crippen LogP contribution in [-0.2, 0) is 0 Å². The molecular formula is C19H30S. The van der Waals surface area contributed by atoms with Gasteiger partial charge in [-0.15, -0.1) is 0 Å². The summed E-state index contributed by atoms with van der Waals surface area (Å²) in [5, 5.41) is 0.